The van der Waals surface area contributed by atoms with E-state index in [0.717, 1.165) is 59.1 Å². The van der Waals surface area contributed by atoms with Crippen molar-refractivity contribution in [2.45, 2.75) is 18.8 Å². The van der Waals surface area contributed by atoms with Gasteiger partial charge in [-0.2, -0.15) is 0 Å². The first-order chi connectivity index (χ1) is 14.7. The molecule has 1 atom stereocenters. The maximum Gasteiger partial charge on any atom is 0.166 e. The number of para-hydroxylation sites is 1. The minimum absolute atomic E-state index is 0.360. The van der Waals surface area contributed by atoms with Gasteiger partial charge in [-0.25, -0.2) is 19.9 Å². The highest BCUT2D eigenvalue weighted by atomic mass is 32.1. The summed E-state index contributed by atoms with van der Waals surface area (Å²) in [7, 11) is 1.69. The maximum absolute atomic E-state index is 5.82. The van der Waals surface area contributed by atoms with Gasteiger partial charge in [-0.05, 0) is 37.1 Å². The average molecular weight is 419 g/mol. The van der Waals surface area contributed by atoms with Crippen LogP contribution in [-0.2, 0) is 0 Å². The Morgan fingerprint density at radius 2 is 2.03 bits per heavy atom. The van der Waals surface area contributed by atoms with E-state index in [9.17, 15) is 0 Å². The summed E-state index contributed by atoms with van der Waals surface area (Å²) in [6.07, 6.45) is 3.77. The van der Waals surface area contributed by atoms with E-state index in [0.29, 0.717) is 17.4 Å². The zero-order valence-electron chi connectivity index (χ0n) is 16.7. The van der Waals surface area contributed by atoms with Gasteiger partial charge in [0.1, 0.15) is 23.7 Å². The lowest BCUT2D eigenvalue weighted by molar-refractivity contribution is 0.416. The summed E-state index contributed by atoms with van der Waals surface area (Å²) in [5, 5.41) is 4.21. The number of fused-ring (bicyclic) bond motifs is 1. The predicted octanol–water partition coefficient (Wildman–Crippen LogP) is 4.12. The number of nitrogens with zero attached hydrogens (tertiary/aromatic N) is 5. The zero-order chi connectivity index (χ0) is 20.5. The molecule has 1 unspecified atom stereocenters. The number of benzene rings is 1. The van der Waals surface area contributed by atoms with Gasteiger partial charge in [0.25, 0.3) is 0 Å². The van der Waals surface area contributed by atoms with E-state index in [2.05, 4.69) is 31.3 Å². The molecule has 1 saturated heterocycles. The number of thiazole rings is 1. The fourth-order valence-electron chi connectivity index (χ4n) is 4.02. The van der Waals surface area contributed by atoms with Crippen LogP contribution in [0.3, 0.4) is 0 Å². The highest BCUT2D eigenvalue weighted by molar-refractivity contribution is 7.10. The van der Waals surface area contributed by atoms with Crippen LogP contribution in [0.25, 0.3) is 22.3 Å². The summed E-state index contributed by atoms with van der Waals surface area (Å²) in [6, 6.07) is 11.8. The predicted molar refractivity (Wildman–Crippen MR) is 120 cm³/mol. The number of hydrogen-bond donors (Lipinski definition) is 1. The van der Waals surface area contributed by atoms with Gasteiger partial charge in [0.05, 0.1) is 23.2 Å². The summed E-state index contributed by atoms with van der Waals surface area (Å²) in [5.41, 5.74) is 8.45. The number of aromatic nitrogens is 4. The van der Waals surface area contributed by atoms with Gasteiger partial charge in [-0.1, -0.05) is 12.1 Å². The zero-order valence-corrected chi connectivity index (χ0v) is 17.5. The van der Waals surface area contributed by atoms with Crippen molar-refractivity contribution >= 4 is 34.0 Å². The molecule has 4 heterocycles. The largest absolute Gasteiger partial charge is 0.496 e. The van der Waals surface area contributed by atoms with E-state index < -0.39 is 0 Å². The van der Waals surface area contributed by atoms with Gasteiger partial charge in [-0.3, -0.25) is 0 Å². The van der Waals surface area contributed by atoms with Crippen molar-refractivity contribution in [1.82, 2.24) is 19.9 Å². The molecule has 152 valence electrons. The Hall–Kier alpha value is -3.26. The van der Waals surface area contributed by atoms with Crippen LogP contribution < -0.4 is 15.4 Å². The highest BCUT2D eigenvalue weighted by Crippen LogP contribution is 2.36. The van der Waals surface area contributed by atoms with Gasteiger partial charge in [0.2, 0.25) is 0 Å². The van der Waals surface area contributed by atoms with Crippen LogP contribution in [0, 0.1) is 0 Å². The lowest BCUT2D eigenvalue weighted by atomic mass is 9.98. The van der Waals surface area contributed by atoms with Crippen molar-refractivity contribution in [2.24, 2.45) is 0 Å². The van der Waals surface area contributed by atoms with Crippen LogP contribution in [0.4, 0.5) is 11.6 Å². The fraction of sp³-hybridized carbons (Fsp3) is 0.273. The summed E-state index contributed by atoms with van der Waals surface area (Å²) < 4.78 is 5.51. The Kier molecular flexibility index (Phi) is 4.92. The third-order valence-electron chi connectivity index (χ3n) is 5.47. The molecule has 0 radical (unpaired) electrons. The van der Waals surface area contributed by atoms with E-state index in [1.807, 2.05) is 24.3 Å². The molecule has 1 aliphatic rings. The van der Waals surface area contributed by atoms with E-state index in [1.54, 1.807) is 30.8 Å². The molecule has 30 heavy (non-hydrogen) atoms. The lowest BCUT2D eigenvalue weighted by Gasteiger charge is -2.33. The van der Waals surface area contributed by atoms with E-state index in [1.165, 1.54) is 0 Å². The fourth-order valence-corrected chi connectivity index (χ4v) is 4.97. The monoisotopic (exact) mass is 418 g/mol. The second kappa shape index (κ2) is 7.87. The second-order valence-electron chi connectivity index (χ2n) is 7.36. The molecule has 7 nitrogen and oxygen atoms in total. The summed E-state index contributed by atoms with van der Waals surface area (Å²) in [5.74, 6) is 2.59. The third kappa shape index (κ3) is 3.43. The van der Waals surface area contributed by atoms with Crippen LogP contribution in [0.5, 0.6) is 5.75 Å². The van der Waals surface area contributed by atoms with Crippen molar-refractivity contribution in [3.8, 4) is 17.0 Å². The highest BCUT2D eigenvalue weighted by Gasteiger charge is 2.26. The van der Waals surface area contributed by atoms with Gasteiger partial charge < -0.3 is 15.4 Å². The molecule has 3 aromatic heterocycles. The first-order valence-electron chi connectivity index (χ1n) is 9.94. The number of pyridine rings is 1. The van der Waals surface area contributed by atoms with Crippen molar-refractivity contribution < 1.29 is 4.74 Å². The van der Waals surface area contributed by atoms with Crippen LogP contribution in [-0.4, -0.2) is 40.1 Å². The van der Waals surface area contributed by atoms with Crippen molar-refractivity contribution in [3.63, 3.8) is 0 Å². The topological polar surface area (TPSA) is 90.0 Å². The first kappa shape index (κ1) is 18.7. The number of methoxy groups -OCH3 is 1. The van der Waals surface area contributed by atoms with Crippen molar-refractivity contribution in [2.75, 3.05) is 30.8 Å². The summed E-state index contributed by atoms with van der Waals surface area (Å²) in [4.78, 5) is 20.5. The molecule has 0 aliphatic carbocycles. The minimum atomic E-state index is 0.360. The van der Waals surface area contributed by atoms with E-state index >= 15 is 0 Å². The number of nitrogens with two attached hydrogens (primary N) is 1. The Bertz CT molecular complexity index is 1190. The van der Waals surface area contributed by atoms with Crippen molar-refractivity contribution in [3.05, 3.63) is 53.1 Å². The molecule has 2 N–H and O–H groups in total. The van der Waals surface area contributed by atoms with Gasteiger partial charge in [0.15, 0.2) is 5.65 Å². The minimum Gasteiger partial charge on any atom is -0.496 e. The Morgan fingerprint density at radius 3 is 2.93 bits per heavy atom. The molecule has 4 aromatic rings. The van der Waals surface area contributed by atoms with Crippen LogP contribution in [0.15, 0.2) is 48.1 Å². The number of piperidine rings is 1. The number of ether oxygens (including phenoxy) is 1. The molecule has 0 amide bonds. The number of nitrogen functional groups attached to an aromatic ring is 1. The van der Waals surface area contributed by atoms with Crippen LogP contribution in [0.2, 0.25) is 0 Å². The van der Waals surface area contributed by atoms with Gasteiger partial charge in [-0.15, -0.1) is 11.3 Å². The van der Waals surface area contributed by atoms with Crippen LogP contribution in [0.1, 0.15) is 23.8 Å². The van der Waals surface area contributed by atoms with Crippen LogP contribution >= 0.6 is 11.3 Å². The van der Waals surface area contributed by atoms with Gasteiger partial charge in [0, 0.05) is 30.0 Å². The standard InChI is InChI=1S/C22H22N6OS/c1-29-18-7-3-2-6-15(18)17-12-30-22(26-17)14-5-4-10-28(11-14)21-16-8-9-19(23)27-20(16)24-13-25-21/h2-3,6-9,12-14H,4-5,10-11H2,1H3,(H2,23,24,25,27). The maximum atomic E-state index is 5.82. The Morgan fingerprint density at radius 1 is 1.13 bits per heavy atom. The normalized spacial score (nSPS) is 16.7. The van der Waals surface area contributed by atoms with E-state index in [4.69, 9.17) is 15.5 Å². The van der Waals surface area contributed by atoms with Gasteiger partial charge >= 0.3 is 0 Å². The Labute approximate surface area is 178 Å². The molecule has 1 aromatic carbocycles. The molecule has 5 rings (SSSR count). The average Bonchev–Trinajstić information content (AvgIpc) is 3.29. The number of anilines is 2. The quantitative estimate of drug-likeness (QED) is 0.533. The lowest BCUT2D eigenvalue weighted by Crippen LogP contribution is -2.35. The molecule has 1 aliphatic heterocycles. The Balaban J connectivity index is 1.42. The first-order valence-corrected chi connectivity index (χ1v) is 10.8. The second-order valence-corrected chi connectivity index (χ2v) is 8.25. The molecule has 0 bridgehead atoms. The molecule has 8 heteroatoms. The molecule has 1 fully saturated rings. The van der Waals surface area contributed by atoms with E-state index in [-0.39, 0.29) is 0 Å². The SMILES string of the molecule is COc1ccccc1-c1csc(C2CCCN(c3ncnc4nc(N)ccc34)C2)n1. The molecule has 0 spiro atoms. The number of hydrogen-bond acceptors (Lipinski definition) is 8. The molecular weight excluding hydrogens is 396 g/mol. The smallest absolute Gasteiger partial charge is 0.166 e. The summed E-state index contributed by atoms with van der Waals surface area (Å²) >= 11 is 1.72. The third-order valence-corrected chi connectivity index (χ3v) is 6.48. The number of rotatable bonds is 4. The molecule has 0 saturated carbocycles. The summed E-state index contributed by atoms with van der Waals surface area (Å²) in [6.45, 7) is 1.83. The molecular formula is C22H22N6OS. The van der Waals surface area contributed by atoms with Crippen molar-refractivity contribution in [1.29, 1.82) is 0 Å².